The average Bonchev–Trinajstić information content (AvgIpc) is 2.85. The highest BCUT2D eigenvalue weighted by molar-refractivity contribution is 5.95. The van der Waals surface area contributed by atoms with Crippen LogP contribution in [0.25, 0.3) is 0 Å². The fourth-order valence-corrected chi connectivity index (χ4v) is 2.52. The van der Waals surface area contributed by atoms with Gasteiger partial charge in [-0.15, -0.1) is 0 Å². The number of hydrogen-bond acceptors (Lipinski definition) is 4. The van der Waals surface area contributed by atoms with Gasteiger partial charge in [-0.25, -0.2) is 4.39 Å². The second-order valence-corrected chi connectivity index (χ2v) is 4.81. The van der Waals surface area contributed by atoms with Crippen molar-refractivity contribution in [2.45, 2.75) is 18.9 Å². The molecule has 7 heteroatoms. The van der Waals surface area contributed by atoms with E-state index in [1.54, 1.807) is 11.9 Å². The van der Waals surface area contributed by atoms with Crippen LogP contribution in [-0.2, 0) is 0 Å². The van der Waals surface area contributed by atoms with E-state index in [9.17, 15) is 19.3 Å². The van der Waals surface area contributed by atoms with Gasteiger partial charge in [0.15, 0.2) is 0 Å². The Balaban J connectivity index is 2.26. The van der Waals surface area contributed by atoms with E-state index >= 15 is 0 Å². The fourth-order valence-electron chi connectivity index (χ4n) is 2.52. The highest BCUT2D eigenvalue weighted by Gasteiger charge is 2.29. The van der Waals surface area contributed by atoms with Crippen LogP contribution in [0.15, 0.2) is 18.2 Å². The number of carbonyl (C=O) groups excluding carboxylic acids is 1. The molecular weight excluding hydrogens is 265 g/mol. The lowest BCUT2D eigenvalue weighted by atomic mass is 10.1. The smallest absolute Gasteiger partial charge is 0.273 e. The van der Waals surface area contributed by atoms with Gasteiger partial charge in [-0.2, -0.15) is 0 Å². The molecule has 1 fully saturated rings. The third-order valence-corrected chi connectivity index (χ3v) is 3.42. The zero-order valence-corrected chi connectivity index (χ0v) is 11.1. The molecule has 1 N–H and O–H groups in total. The van der Waals surface area contributed by atoms with E-state index < -0.39 is 16.4 Å². The lowest BCUT2D eigenvalue weighted by Gasteiger charge is -2.24. The van der Waals surface area contributed by atoms with E-state index in [1.165, 1.54) is 0 Å². The Labute approximate surface area is 115 Å². The quantitative estimate of drug-likeness (QED) is 0.671. The number of non-ortho nitro benzene ring substituents is 1. The second kappa shape index (κ2) is 5.96. The highest BCUT2D eigenvalue weighted by Crippen LogP contribution is 2.22. The zero-order valence-electron chi connectivity index (χ0n) is 11.1. The largest absolute Gasteiger partial charge is 0.334 e. The number of likely N-dealkylation sites (tertiary alicyclic amines) is 1. The van der Waals surface area contributed by atoms with Gasteiger partial charge in [-0.1, -0.05) is 0 Å². The molecule has 0 aromatic heterocycles. The monoisotopic (exact) mass is 281 g/mol. The van der Waals surface area contributed by atoms with E-state index in [2.05, 4.69) is 5.32 Å². The van der Waals surface area contributed by atoms with Gasteiger partial charge < -0.3 is 10.2 Å². The summed E-state index contributed by atoms with van der Waals surface area (Å²) in [5.41, 5.74) is -0.377. The van der Waals surface area contributed by atoms with Crippen LogP contribution >= 0.6 is 0 Å². The normalized spacial score (nSPS) is 18.3. The van der Waals surface area contributed by atoms with Crippen molar-refractivity contribution in [3.05, 3.63) is 39.7 Å². The number of nitro benzene ring substituents is 1. The number of nitro groups is 1. The van der Waals surface area contributed by atoms with Crippen molar-refractivity contribution in [1.82, 2.24) is 10.2 Å². The van der Waals surface area contributed by atoms with Gasteiger partial charge in [0.25, 0.3) is 11.6 Å². The fraction of sp³-hybridized carbons (Fsp3) is 0.462. The number of likely N-dealkylation sites (N-methyl/N-ethyl adjacent to an activating group) is 1. The van der Waals surface area contributed by atoms with Crippen LogP contribution in [0, 0.1) is 15.9 Å². The predicted molar refractivity (Wildman–Crippen MR) is 71.0 cm³/mol. The Hall–Kier alpha value is -2.02. The minimum Gasteiger partial charge on any atom is -0.334 e. The molecule has 1 saturated heterocycles. The predicted octanol–water partition coefficient (Wildman–Crippen LogP) is 1.56. The van der Waals surface area contributed by atoms with Crippen molar-refractivity contribution < 1.29 is 14.1 Å². The molecule has 1 atom stereocenters. The molecule has 1 unspecified atom stereocenters. The molecule has 0 aliphatic carbocycles. The number of nitrogens with one attached hydrogen (secondary N) is 1. The summed E-state index contributed by atoms with van der Waals surface area (Å²) in [4.78, 5) is 24.0. The third-order valence-electron chi connectivity index (χ3n) is 3.42. The number of rotatable bonds is 4. The van der Waals surface area contributed by atoms with Gasteiger partial charge in [0.2, 0.25) is 0 Å². The molecule has 1 heterocycles. The molecule has 0 spiro atoms. The average molecular weight is 281 g/mol. The van der Waals surface area contributed by atoms with Crippen molar-refractivity contribution in [3.63, 3.8) is 0 Å². The molecule has 1 amide bonds. The standard InChI is InChI=1S/C13H16FN3O3/c1-15-8-11-3-2-4-16(11)13(18)9-5-10(14)7-12(6-9)17(19)20/h5-7,11,15H,2-4,8H2,1H3. The first kappa shape index (κ1) is 14.4. The maximum atomic E-state index is 13.4. The minimum absolute atomic E-state index is 0.0275. The molecule has 2 rings (SSSR count). The number of hydrogen-bond donors (Lipinski definition) is 1. The van der Waals surface area contributed by atoms with E-state index in [0.717, 1.165) is 31.0 Å². The summed E-state index contributed by atoms with van der Waals surface area (Å²) in [5.74, 6) is -1.13. The number of nitrogens with zero attached hydrogens (tertiary/aromatic N) is 2. The van der Waals surface area contributed by atoms with Crippen molar-refractivity contribution >= 4 is 11.6 Å². The molecule has 1 aromatic rings. The van der Waals surface area contributed by atoms with Crippen molar-refractivity contribution in [2.24, 2.45) is 0 Å². The SMILES string of the molecule is CNCC1CCCN1C(=O)c1cc(F)cc([N+](=O)[O-])c1. The van der Waals surface area contributed by atoms with Gasteiger partial charge in [0.1, 0.15) is 5.82 Å². The summed E-state index contributed by atoms with van der Waals surface area (Å²) in [6.07, 6.45) is 1.76. The van der Waals surface area contributed by atoms with Gasteiger partial charge in [-0.05, 0) is 26.0 Å². The first-order chi connectivity index (χ1) is 9.52. The van der Waals surface area contributed by atoms with Crippen molar-refractivity contribution in [2.75, 3.05) is 20.1 Å². The third kappa shape index (κ3) is 2.93. The minimum atomic E-state index is -0.771. The number of carbonyl (C=O) groups is 1. The van der Waals surface area contributed by atoms with Gasteiger partial charge >= 0.3 is 0 Å². The van der Waals surface area contributed by atoms with Crippen LogP contribution in [-0.4, -0.2) is 41.9 Å². The Morgan fingerprint density at radius 1 is 1.55 bits per heavy atom. The Bertz CT molecular complexity index is 536. The molecule has 0 radical (unpaired) electrons. The molecule has 0 bridgehead atoms. The maximum absolute atomic E-state index is 13.4. The van der Waals surface area contributed by atoms with Crippen LogP contribution in [0.5, 0.6) is 0 Å². The molecule has 20 heavy (non-hydrogen) atoms. The molecule has 1 aliphatic heterocycles. The molecule has 1 aliphatic rings. The van der Waals surface area contributed by atoms with Gasteiger partial charge in [-0.3, -0.25) is 14.9 Å². The summed E-state index contributed by atoms with van der Waals surface area (Å²) in [6.45, 7) is 1.25. The molecule has 0 saturated carbocycles. The highest BCUT2D eigenvalue weighted by atomic mass is 19.1. The van der Waals surface area contributed by atoms with E-state index in [4.69, 9.17) is 0 Å². The Morgan fingerprint density at radius 3 is 2.95 bits per heavy atom. The number of benzene rings is 1. The van der Waals surface area contributed by atoms with E-state index in [-0.39, 0.29) is 17.5 Å². The zero-order chi connectivity index (χ0) is 14.7. The van der Waals surface area contributed by atoms with E-state index in [1.807, 2.05) is 0 Å². The van der Waals surface area contributed by atoms with Crippen LogP contribution < -0.4 is 5.32 Å². The van der Waals surface area contributed by atoms with Gasteiger partial charge in [0, 0.05) is 30.8 Å². The van der Waals surface area contributed by atoms with Crippen LogP contribution in [0.4, 0.5) is 10.1 Å². The van der Waals surface area contributed by atoms with Crippen molar-refractivity contribution in [1.29, 1.82) is 0 Å². The summed E-state index contributed by atoms with van der Waals surface area (Å²) in [7, 11) is 1.80. The van der Waals surface area contributed by atoms with Crippen LogP contribution in [0.1, 0.15) is 23.2 Å². The molecule has 1 aromatic carbocycles. The number of halogens is 1. The summed E-state index contributed by atoms with van der Waals surface area (Å²) in [5, 5.41) is 13.7. The topological polar surface area (TPSA) is 75.5 Å². The van der Waals surface area contributed by atoms with Crippen LogP contribution in [0.3, 0.4) is 0 Å². The Kier molecular flexibility index (Phi) is 4.29. The lowest BCUT2D eigenvalue weighted by Crippen LogP contribution is -2.40. The Morgan fingerprint density at radius 2 is 2.30 bits per heavy atom. The second-order valence-electron chi connectivity index (χ2n) is 4.81. The van der Waals surface area contributed by atoms with Crippen molar-refractivity contribution in [3.8, 4) is 0 Å². The summed E-state index contributed by atoms with van der Waals surface area (Å²) < 4.78 is 13.4. The van der Waals surface area contributed by atoms with E-state index in [0.29, 0.717) is 13.1 Å². The maximum Gasteiger partial charge on any atom is 0.273 e. The molecule has 108 valence electrons. The first-order valence-electron chi connectivity index (χ1n) is 6.43. The molecular formula is C13H16FN3O3. The lowest BCUT2D eigenvalue weighted by molar-refractivity contribution is -0.385. The first-order valence-corrected chi connectivity index (χ1v) is 6.43. The van der Waals surface area contributed by atoms with Crippen LogP contribution in [0.2, 0.25) is 0 Å². The molecule has 6 nitrogen and oxygen atoms in total. The summed E-state index contributed by atoms with van der Waals surface area (Å²) >= 11 is 0. The summed E-state index contributed by atoms with van der Waals surface area (Å²) in [6, 6.07) is 3.03. The van der Waals surface area contributed by atoms with Gasteiger partial charge in [0.05, 0.1) is 11.0 Å². The number of amides is 1.